The van der Waals surface area contributed by atoms with Crippen LogP contribution in [0, 0.1) is 5.92 Å². The lowest BCUT2D eigenvalue weighted by molar-refractivity contribution is -0.143. The molecule has 0 aromatic carbocycles. The number of hydrogen-bond acceptors (Lipinski definition) is 4. The summed E-state index contributed by atoms with van der Waals surface area (Å²) in [6.07, 6.45) is 5.23. The summed E-state index contributed by atoms with van der Waals surface area (Å²) in [7, 11) is 0. The fraction of sp³-hybridized carbons (Fsp3) is 0.600. The third-order valence-corrected chi connectivity index (χ3v) is 4.32. The number of carbonyl (C=O) groups is 1. The molecule has 21 heavy (non-hydrogen) atoms. The molecule has 1 aliphatic heterocycles. The van der Waals surface area contributed by atoms with E-state index in [9.17, 15) is 14.7 Å². The van der Waals surface area contributed by atoms with E-state index in [1.54, 1.807) is 0 Å². The number of aliphatic carboxylic acids is 1. The molecule has 2 aliphatic rings. The second-order valence-corrected chi connectivity index (χ2v) is 6.07. The minimum atomic E-state index is -0.745. The minimum absolute atomic E-state index is 0.215. The number of pyridine rings is 1. The summed E-state index contributed by atoms with van der Waals surface area (Å²) in [5, 5.41) is 18.7. The maximum atomic E-state index is 11.7. The molecule has 1 saturated heterocycles. The predicted molar refractivity (Wildman–Crippen MR) is 76.3 cm³/mol. The van der Waals surface area contributed by atoms with Crippen molar-refractivity contribution in [3.05, 3.63) is 28.2 Å². The highest BCUT2D eigenvalue weighted by molar-refractivity contribution is 5.70. The molecule has 3 rings (SSSR count). The summed E-state index contributed by atoms with van der Waals surface area (Å²) in [6, 6.07) is 1.85. The van der Waals surface area contributed by atoms with Gasteiger partial charge in [-0.15, -0.1) is 0 Å². The topological polar surface area (TPSA) is 82.8 Å². The van der Waals surface area contributed by atoms with Gasteiger partial charge in [-0.3, -0.25) is 14.5 Å². The Kier molecular flexibility index (Phi) is 3.71. The van der Waals surface area contributed by atoms with Gasteiger partial charge in [0.1, 0.15) is 0 Å². The molecule has 1 aromatic rings. The third-order valence-electron chi connectivity index (χ3n) is 4.32. The lowest BCUT2D eigenvalue weighted by Crippen LogP contribution is -2.38. The van der Waals surface area contributed by atoms with Crippen molar-refractivity contribution < 1.29 is 15.0 Å². The predicted octanol–water partition coefficient (Wildman–Crippen LogP) is 1.19. The average Bonchev–Trinajstić information content (AvgIpc) is 3.27. The number of aromatic nitrogens is 1. The standard InChI is InChI=1S/C15H20N2O4/c18-13-6-12(17(9-14(13)19)11-3-4-11)8-16-5-1-2-10(7-16)15(20)21/h6,9-11,19H,1-5,7-8H2,(H,20,21). The van der Waals surface area contributed by atoms with Gasteiger partial charge in [-0.05, 0) is 32.2 Å². The Morgan fingerprint density at radius 3 is 2.76 bits per heavy atom. The molecular formula is C15H20N2O4. The summed E-state index contributed by atoms with van der Waals surface area (Å²) < 4.78 is 1.97. The molecular weight excluding hydrogens is 272 g/mol. The van der Waals surface area contributed by atoms with Gasteiger partial charge in [0.05, 0.1) is 12.1 Å². The van der Waals surface area contributed by atoms with Gasteiger partial charge in [-0.25, -0.2) is 0 Å². The van der Waals surface area contributed by atoms with Crippen LogP contribution < -0.4 is 5.43 Å². The fourth-order valence-corrected chi connectivity index (χ4v) is 3.03. The Bertz CT molecular complexity index is 606. The summed E-state index contributed by atoms with van der Waals surface area (Å²) in [5.74, 6) is -1.28. The first-order valence-electron chi connectivity index (χ1n) is 7.44. The molecule has 6 heteroatoms. The van der Waals surface area contributed by atoms with Crippen molar-refractivity contribution in [2.24, 2.45) is 5.92 Å². The first-order chi connectivity index (χ1) is 10.0. The van der Waals surface area contributed by atoms with Crippen molar-refractivity contribution in [2.45, 2.75) is 38.3 Å². The fourth-order valence-electron chi connectivity index (χ4n) is 3.03. The molecule has 114 valence electrons. The van der Waals surface area contributed by atoms with Gasteiger partial charge in [0.2, 0.25) is 5.43 Å². The Labute approximate surface area is 122 Å². The average molecular weight is 292 g/mol. The molecule has 1 atom stereocenters. The van der Waals surface area contributed by atoms with E-state index in [1.165, 1.54) is 12.3 Å². The maximum Gasteiger partial charge on any atom is 0.307 e. The maximum absolute atomic E-state index is 11.7. The van der Waals surface area contributed by atoms with E-state index < -0.39 is 5.97 Å². The van der Waals surface area contributed by atoms with E-state index >= 15 is 0 Å². The molecule has 0 spiro atoms. The Balaban J connectivity index is 1.79. The van der Waals surface area contributed by atoms with Crippen LogP contribution in [-0.2, 0) is 11.3 Å². The third kappa shape index (κ3) is 3.10. The summed E-state index contributed by atoms with van der Waals surface area (Å²) in [5.41, 5.74) is 0.500. The number of carboxylic acid groups (broad SMARTS) is 1. The smallest absolute Gasteiger partial charge is 0.307 e. The highest BCUT2D eigenvalue weighted by Gasteiger charge is 2.28. The van der Waals surface area contributed by atoms with Crippen molar-refractivity contribution in [1.29, 1.82) is 0 Å². The Morgan fingerprint density at radius 2 is 2.10 bits per heavy atom. The normalized spacial score (nSPS) is 23.1. The quantitative estimate of drug-likeness (QED) is 0.871. The van der Waals surface area contributed by atoms with Crippen LogP contribution in [0.3, 0.4) is 0 Å². The van der Waals surface area contributed by atoms with Crippen molar-refractivity contribution >= 4 is 5.97 Å². The number of nitrogens with zero attached hydrogens (tertiary/aromatic N) is 2. The number of hydrogen-bond donors (Lipinski definition) is 2. The molecule has 1 aliphatic carbocycles. The van der Waals surface area contributed by atoms with Crippen molar-refractivity contribution in [1.82, 2.24) is 9.47 Å². The molecule has 1 saturated carbocycles. The molecule has 2 heterocycles. The highest BCUT2D eigenvalue weighted by atomic mass is 16.4. The van der Waals surface area contributed by atoms with Crippen LogP contribution in [0.2, 0.25) is 0 Å². The van der Waals surface area contributed by atoms with Gasteiger partial charge in [0.25, 0.3) is 0 Å². The van der Waals surface area contributed by atoms with Gasteiger partial charge in [-0.1, -0.05) is 0 Å². The van der Waals surface area contributed by atoms with Crippen molar-refractivity contribution in [3.63, 3.8) is 0 Å². The van der Waals surface area contributed by atoms with Gasteiger partial charge in [-0.2, -0.15) is 0 Å². The van der Waals surface area contributed by atoms with E-state index in [1.807, 2.05) is 4.57 Å². The van der Waals surface area contributed by atoms with Crippen molar-refractivity contribution in [2.75, 3.05) is 13.1 Å². The van der Waals surface area contributed by atoms with Crippen LogP contribution in [0.25, 0.3) is 0 Å². The van der Waals surface area contributed by atoms with Crippen LogP contribution in [0.1, 0.15) is 37.4 Å². The number of rotatable bonds is 4. The van der Waals surface area contributed by atoms with Gasteiger partial charge in [0.15, 0.2) is 5.75 Å². The van der Waals surface area contributed by atoms with E-state index in [-0.39, 0.29) is 17.1 Å². The summed E-state index contributed by atoms with van der Waals surface area (Å²) in [4.78, 5) is 24.9. The van der Waals surface area contributed by atoms with E-state index in [2.05, 4.69) is 4.90 Å². The van der Waals surface area contributed by atoms with E-state index in [0.29, 0.717) is 19.1 Å². The minimum Gasteiger partial charge on any atom is -0.503 e. The lowest BCUT2D eigenvalue weighted by atomic mass is 9.98. The van der Waals surface area contributed by atoms with E-state index in [4.69, 9.17) is 5.11 Å². The number of aromatic hydroxyl groups is 1. The molecule has 1 unspecified atom stereocenters. The van der Waals surface area contributed by atoms with Crippen LogP contribution in [-0.4, -0.2) is 38.7 Å². The zero-order valence-corrected chi connectivity index (χ0v) is 11.9. The van der Waals surface area contributed by atoms with Crippen LogP contribution >= 0.6 is 0 Å². The second-order valence-electron chi connectivity index (χ2n) is 6.07. The van der Waals surface area contributed by atoms with Crippen LogP contribution in [0.5, 0.6) is 5.75 Å². The second kappa shape index (κ2) is 5.52. The molecule has 6 nitrogen and oxygen atoms in total. The number of likely N-dealkylation sites (tertiary alicyclic amines) is 1. The molecule has 0 radical (unpaired) electrons. The SMILES string of the molecule is O=C(O)C1CCCN(Cc2cc(=O)c(O)cn2C2CC2)C1. The van der Waals surface area contributed by atoms with Crippen LogP contribution in [0.15, 0.2) is 17.1 Å². The monoisotopic (exact) mass is 292 g/mol. The zero-order valence-electron chi connectivity index (χ0n) is 11.9. The number of piperidine rings is 1. The molecule has 0 bridgehead atoms. The summed E-state index contributed by atoms with van der Waals surface area (Å²) >= 11 is 0. The van der Waals surface area contributed by atoms with Crippen LogP contribution in [0.4, 0.5) is 0 Å². The van der Waals surface area contributed by atoms with Gasteiger partial charge < -0.3 is 14.8 Å². The van der Waals surface area contributed by atoms with E-state index in [0.717, 1.165) is 37.9 Å². The zero-order chi connectivity index (χ0) is 15.0. The Morgan fingerprint density at radius 1 is 1.33 bits per heavy atom. The number of carboxylic acids is 1. The molecule has 2 N–H and O–H groups in total. The molecule has 0 amide bonds. The Hall–Kier alpha value is -1.82. The van der Waals surface area contributed by atoms with Gasteiger partial charge >= 0.3 is 5.97 Å². The van der Waals surface area contributed by atoms with Gasteiger partial charge in [0, 0.05) is 30.9 Å². The largest absolute Gasteiger partial charge is 0.503 e. The highest BCUT2D eigenvalue weighted by Crippen LogP contribution is 2.36. The van der Waals surface area contributed by atoms with Crippen molar-refractivity contribution in [3.8, 4) is 5.75 Å². The molecule has 2 fully saturated rings. The first kappa shape index (κ1) is 14.1. The lowest BCUT2D eigenvalue weighted by Gasteiger charge is -2.31. The first-order valence-corrected chi connectivity index (χ1v) is 7.44. The summed E-state index contributed by atoms with van der Waals surface area (Å²) in [6.45, 7) is 1.94. The molecule has 1 aromatic heterocycles.